The van der Waals surface area contributed by atoms with Crippen LogP contribution in [0.3, 0.4) is 0 Å². The molecule has 0 aromatic rings. The molecule has 3 rings (SSSR count). The SMILES string of the molecule is Cl.NC(CC1CCCCC1)C(=O)N1CCN2CCCCC2C1. The highest BCUT2D eigenvalue weighted by Crippen LogP contribution is 2.28. The van der Waals surface area contributed by atoms with Gasteiger partial charge in [-0.25, -0.2) is 0 Å². The molecule has 2 aliphatic heterocycles. The second-order valence-corrected chi connectivity index (χ2v) is 7.32. The lowest BCUT2D eigenvalue weighted by molar-refractivity contribution is -0.136. The minimum Gasteiger partial charge on any atom is -0.338 e. The van der Waals surface area contributed by atoms with Crippen LogP contribution in [0.2, 0.25) is 0 Å². The Morgan fingerprint density at radius 1 is 1.00 bits per heavy atom. The van der Waals surface area contributed by atoms with Crippen LogP contribution >= 0.6 is 12.4 Å². The number of hydrogen-bond acceptors (Lipinski definition) is 3. The van der Waals surface area contributed by atoms with Gasteiger partial charge < -0.3 is 10.6 Å². The van der Waals surface area contributed by atoms with Crippen LogP contribution in [-0.2, 0) is 4.79 Å². The summed E-state index contributed by atoms with van der Waals surface area (Å²) in [5, 5.41) is 0. The van der Waals surface area contributed by atoms with Crippen LogP contribution in [0.5, 0.6) is 0 Å². The number of fused-ring (bicyclic) bond motifs is 1. The molecular formula is C17H32ClN3O. The third kappa shape index (κ3) is 4.36. The zero-order valence-electron chi connectivity index (χ0n) is 13.7. The molecule has 128 valence electrons. The van der Waals surface area contributed by atoms with Crippen LogP contribution in [0, 0.1) is 5.92 Å². The van der Waals surface area contributed by atoms with Crippen molar-refractivity contribution in [3.05, 3.63) is 0 Å². The number of nitrogens with zero attached hydrogens (tertiary/aromatic N) is 2. The molecule has 2 unspecified atom stereocenters. The number of nitrogens with two attached hydrogens (primary N) is 1. The molecule has 1 saturated carbocycles. The molecule has 2 N–H and O–H groups in total. The lowest BCUT2D eigenvalue weighted by Gasteiger charge is -2.44. The van der Waals surface area contributed by atoms with E-state index < -0.39 is 0 Å². The molecule has 0 bridgehead atoms. The summed E-state index contributed by atoms with van der Waals surface area (Å²) < 4.78 is 0. The molecule has 2 heterocycles. The maximum absolute atomic E-state index is 12.6. The summed E-state index contributed by atoms with van der Waals surface area (Å²) in [6.07, 6.45) is 11.4. The topological polar surface area (TPSA) is 49.6 Å². The van der Waals surface area contributed by atoms with Crippen molar-refractivity contribution in [1.29, 1.82) is 0 Å². The summed E-state index contributed by atoms with van der Waals surface area (Å²) in [6, 6.07) is 0.335. The highest BCUT2D eigenvalue weighted by atomic mass is 35.5. The second kappa shape index (κ2) is 8.51. The quantitative estimate of drug-likeness (QED) is 0.865. The number of hydrogen-bond donors (Lipinski definition) is 1. The van der Waals surface area contributed by atoms with Crippen LogP contribution in [0.15, 0.2) is 0 Å². The molecular weight excluding hydrogens is 298 g/mol. The van der Waals surface area contributed by atoms with E-state index >= 15 is 0 Å². The minimum absolute atomic E-state index is 0. The first-order valence-corrected chi connectivity index (χ1v) is 9.02. The Kier molecular flexibility index (Phi) is 6.97. The fraction of sp³-hybridized carbons (Fsp3) is 0.941. The number of halogens is 1. The van der Waals surface area contributed by atoms with Crippen LogP contribution < -0.4 is 5.73 Å². The maximum Gasteiger partial charge on any atom is 0.239 e. The predicted molar refractivity (Wildman–Crippen MR) is 92.2 cm³/mol. The van der Waals surface area contributed by atoms with Crippen molar-refractivity contribution in [2.75, 3.05) is 26.2 Å². The van der Waals surface area contributed by atoms with Gasteiger partial charge in [-0.15, -0.1) is 12.4 Å². The number of rotatable bonds is 3. The molecule has 2 atom stereocenters. The van der Waals surface area contributed by atoms with E-state index in [0.717, 1.165) is 26.1 Å². The van der Waals surface area contributed by atoms with E-state index in [1.807, 2.05) is 0 Å². The van der Waals surface area contributed by atoms with Crippen molar-refractivity contribution in [3.63, 3.8) is 0 Å². The Morgan fingerprint density at radius 2 is 1.73 bits per heavy atom. The lowest BCUT2D eigenvalue weighted by Crippen LogP contribution is -2.58. The molecule has 22 heavy (non-hydrogen) atoms. The third-order valence-electron chi connectivity index (χ3n) is 5.78. The second-order valence-electron chi connectivity index (χ2n) is 7.32. The summed E-state index contributed by atoms with van der Waals surface area (Å²) in [4.78, 5) is 17.3. The summed E-state index contributed by atoms with van der Waals surface area (Å²) in [5.74, 6) is 0.902. The summed E-state index contributed by atoms with van der Waals surface area (Å²) in [5.41, 5.74) is 6.24. The summed E-state index contributed by atoms with van der Waals surface area (Å²) in [7, 11) is 0. The van der Waals surface area contributed by atoms with E-state index in [0.29, 0.717) is 12.0 Å². The van der Waals surface area contributed by atoms with Crippen molar-refractivity contribution < 1.29 is 4.79 Å². The van der Waals surface area contributed by atoms with Gasteiger partial charge in [-0.3, -0.25) is 9.69 Å². The Bertz CT molecular complexity index is 360. The van der Waals surface area contributed by atoms with Crippen molar-refractivity contribution >= 4 is 18.3 Å². The van der Waals surface area contributed by atoms with E-state index in [1.165, 1.54) is 57.9 Å². The molecule has 4 nitrogen and oxygen atoms in total. The molecule has 1 amide bonds. The molecule has 0 aromatic carbocycles. The van der Waals surface area contributed by atoms with Gasteiger partial charge in [0.25, 0.3) is 0 Å². The van der Waals surface area contributed by atoms with Gasteiger partial charge in [0.05, 0.1) is 6.04 Å². The maximum atomic E-state index is 12.6. The molecule has 0 radical (unpaired) electrons. The Hall–Kier alpha value is -0.320. The number of carbonyl (C=O) groups excluding carboxylic acids is 1. The van der Waals surface area contributed by atoms with E-state index in [-0.39, 0.29) is 24.4 Å². The highest BCUT2D eigenvalue weighted by molar-refractivity contribution is 5.85. The Balaban J connectivity index is 0.00000176. The normalized spacial score (nSPS) is 28.6. The van der Waals surface area contributed by atoms with Crippen LogP contribution in [-0.4, -0.2) is 54.0 Å². The molecule has 0 aromatic heterocycles. The third-order valence-corrected chi connectivity index (χ3v) is 5.78. The van der Waals surface area contributed by atoms with Gasteiger partial charge in [-0.1, -0.05) is 38.5 Å². The Labute approximate surface area is 141 Å². The molecule has 3 fully saturated rings. The molecule has 2 saturated heterocycles. The first kappa shape index (κ1) is 18.0. The van der Waals surface area contributed by atoms with Crippen LogP contribution in [0.4, 0.5) is 0 Å². The minimum atomic E-state index is -0.261. The zero-order chi connectivity index (χ0) is 14.7. The van der Waals surface area contributed by atoms with E-state index in [4.69, 9.17) is 5.73 Å². The van der Waals surface area contributed by atoms with Gasteiger partial charge in [0.2, 0.25) is 5.91 Å². The van der Waals surface area contributed by atoms with E-state index in [9.17, 15) is 4.79 Å². The van der Waals surface area contributed by atoms with Gasteiger partial charge in [0.1, 0.15) is 0 Å². The fourth-order valence-corrected chi connectivity index (χ4v) is 4.47. The highest BCUT2D eigenvalue weighted by Gasteiger charge is 2.33. The average molecular weight is 330 g/mol. The van der Waals surface area contributed by atoms with Crippen molar-refractivity contribution in [2.45, 2.75) is 69.9 Å². The Morgan fingerprint density at radius 3 is 2.50 bits per heavy atom. The number of amides is 1. The largest absolute Gasteiger partial charge is 0.338 e. The van der Waals surface area contributed by atoms with Crippen LogP contribution in [0.25, 0.3) is 0 Å². The first-order chi connectivity index (χ1) is 10.2. The van der Waals surface area contributed by atoms with Crippen molar-refractivity contribution in [1.82, 2.24) is 9.80 Å². The lowest BCUT2D eigenvalue weighted by atomic mass is 9.84. The first-order valence-electron chi connectivity index (χ1n) is 9.02. The van der Waals surface area contributed by atoms with E-state index in [2.05, 4.69) is 9.80 Å². The molecule has 5 heteroatoms. The number of carbonyl (C=O) groups is 1. The smallest absolute Gasteiger partial charge is 0.239 e. The van der Waals surface area contributed by atoms with Gasteiger partial charge >= 0.3 is 0 Å². The fourth-order valence-electron chi connectivity index (χ4n) is 4.47. The zero-order valence-corrected chi connectivity index (χ0v) is 14.5. The van der Waals surface area contributed by atoms with Gasteiger partial charge in [0, 0.05) is 25.7 Å². The summed E-state index contributed by atoms with van der Waals surface area (Å²) in [6.45, 7) is 4.07. The van der Waals surface area contributed by atoms with Gasteiger partial charge in [0.15, 0.2) is 0 Å². The molecule has 0 spiro atoms. The average Bonchev–Trinajstić information content (AvgIpc) is 2.54. The number of piperidine rings is 1. The summed E-state index contributed by atoms with van der Waals surface area (Å²) >= 11 is 0. The number of piperazine rings is 1. The van der Waals surface area contributed by atoms with Gasteiger partial charge in [-0.05, 0) is 31.7 Å². The standard InChI is InChI=1S/C17H31N3O.ClH/c18-16(12-14-6-2-1-3-7-14)17(21)20-11-10-19-9-5-4-8-15(19)13-20;/h14-16H,1-13,18H2;1H. The van der Waals surface area contributed by atoms with Crippen LogP contribution in [0.1, 0.15) is 57.8 Å². The van der Waals surface area contributed by atoms with E-state index in [1.54, 1.807) is 0 Å². The van der Waals surface area contributed by atoms with Gasteiger partial charge in [-0.2, -0.15) is 0 Å². The van der Waals surface area contributed by atoms with Crippen molar-refractivity contribution in [2.24, 2.45) is 11.7 Å². The monoisotopic (exact) mass is 329 g/mol. The van der Waals surface area contributed by atoms with Crippen molar-refractivity contribution in [3.8, 4) is 0 Å². The molecule has 1 aliphatic carbocycles. The predicted octanol–water partition coefficient (Wildman–Crippen LogP) is 2.40. The molecule has 3 aliphatic rings.